The number of hydrogen-bond acceptors (Lipinski definition) is 4. The van der Waals surface area contributed by atoms with Crippen molar-refractivity contribution in [2.75, 3.05) is 13.1 Å². The third-order valence-corrected chi connectivity index (χ3v) is 5.61. The third-order valence-electron chi connectivity index (χ3n) is 5.61. The summed E-state index contributed by atoms with van der Waals surface area (Å²) in [7, 11) is 0. The van der Waals surface area contributed by atoms with Gasteiger partial charge < -0.3 is 8.98 Å². The summed E-state index contributed by atoms with van der Waals surface area (Å²) in [6, 6.07) is 14.5. The number of likely N-dealkylation sites (tertiary alicyclic amines) is 1. The van der Waals surface area contributed by atoms with Crippen molar-refractivity contribution in [2.45, 2.75) is 44.7 Å². The minimum atomic E-state index is 0.492. The summed E-state index contributed by atoms with van der Waals surface area (Å²) in [5.74, 6) is 4.86. The average Bonchev–Trinajstić information content (AvgIpc) is 3.40. The number of benzene rings is 1. The number of aromatic nitrogens is 3. The molecule has 0 spiro atoms. The van der Waals surface area contributed by atoms with Crippen LogP contribution in [0.3, 0.4) is 0 Å². The molecule has 0 bridgehead atoms. The highest BCUT2D eigenvalue weighted by Gasteiger charge is 2.28. The van der Waals surface area contributed by atoms with Crippen LogP contribution in [0, 0.1) is 0 Å². The second-order valence-corrected chi connectivity index (χ2v) is 7.44. The van der Waals surface area contributed by atoms with E-state index in [1.165, 1.54) is 30.9 Å². The van der Waals surface area contributed by atoms with E-state index in [4.69, 9.17) is 4.42 Å². The van der Waals surface area contributed by atoms with Crippen LogP contribution in [-0.2, 0) is 19.5 Å². The summed E-state index contributed by atoms with van der Waals surface area (Å²) < 4.78 is 8.45. The fraction of sp³-hybridized carbons (Fsp3) is 0.429. The van der Waals surface area contributed by atoms with E-state index < -0.39 is 0 Å². The highest BCUT2D eigenvalue weighted by atomic mass is 16.3. The molecule has 2 aromatic heterocycles. The van der Waals surface area contributed by atoms with E-state index in [0.717, 1.165) is 49.7 Å². The number of piperidine rings is 1. The van der Waals surface area contributed by atoms with Gasteiger partial charge in [0.05, 0.1) is 6.54 Å². The Labute approximate surface area is 153 Å². The molecule has 0 amide bonds. The Hall–Kier alpha value is -2.40. The SMILES string of the molecule is c1ccc(-c2ccc(CN3CCC[C@H](c4nnc5n4CCC5)C3)o2)cc1. The molecule has 2 aliphatic rings. The summed E-state index contributed by atoms with van der Waals surface area (Å²) >= 11 is 0. The maximum atomic E-state index is 6.10. The lowest BCUT2D eigenvalue weighted by molar-refractivity contribution is 0.182. The molecule has 0 saturated carbocycles. The highest BCUT2D eigenvalue weighted by Crippen LogP contribution is 2.30. The monoisotopic (exact) mass is 348 g/mol. The number of hydrogen-bond donors (Lipinski definition) is 0. The summed E-state index contributed by atoms with van der Waals surface area (Å²) in [5.41, 5.74) is 1.13. The van der Waals surface area contributed by atoms with Crippen LogP contribution in [0.4, 0.5) is 0 Å². The van der Waals surface area contributed by atoms with Crippen LogP contribution < -0.4 is 0 Å². The van der Waals surface area contributed by atoms with Gasteiger partial charge in [-0.3, -0.25) is 4.90 Å². The molecule has 5 heteroatoms. The van der Waals surface area contributed by atoms with Gasteiger partial charge in [-0.05, 0) is 37.9 Å². The van der Waals surface area contributed by atoms with Crippen LogP contribution in [-0.4, -0.2) is 32.8 Å². The fourth-order valence-corrected chi connectivity index (χ4v) is 4.33. The molecule has 0 aliphatic carbocycles. The van der Waals surface area contributed by atoms with Gasteiger partial charge in [-0.25, -0.2) is 0 Å². The second-order valence-electron chi connectivity index (χ2n) is 7.44. The second kappa shape index (κ2) is 6.72. The van der Waals surface area contributed by atoms with E-state index in [1.54, 1.807) is 0 Å². The Balaban J connectivity index is 1.28. The molecule has 134 valence electrons. The van der Waals surface area contributed by atoms with E-state index >= 15 is 0 Å². The average molecular weight is 348 g/mol. The molecule has 4 heterocycles. The maximum Gasteiger partial charge on any atom is 0.137 e. The predicted octanol–water partition coefficient (Wildman–Crippen LogP) is 3.86. The third kappa shape index (κ3) is 2.97. The molecular weight excluding hydrogens is 324 g/mol. The van der Waals surface area contributed by atoms with E-state index in [9.17, 15) is 0 Å². The first kappa shape index (κ1) is 15.8. The van der Waals surface area contributed by atoms with Crippen LogP contribution >= 0.6 is 0 Å². The quantitative estimate of drug-likeness (QED) is 0.718. The van der Waals surface area contributed by atoms with E-state index in [1.807, 2.05) is 18.2 Å². The van der Waals surface area contributed by atoms with Crippen molar-refractivity contribution in [3.63, 3.8) is 0 Å². The zero-order valence-electron chi connectivity index (χ0n) is 15.0. The molecular formula is C21H24N4O. The van der Waals surface area contributed by atoms with Crippen LogP contribution in [0.5, 0.6) is 0 Å². The Morgan fingerprint density at radius 1 is 1.00 bits per heavy atom. The Kier molecular flexibility index (Phi) is 4.09. The standard InChI is InChI=1S/C21H24N4O/c1-2-6-16(7-3-1)19-11-10-18(26-19)15-24-12-4-8-17(14-24)21-23-22-20-9-5-13-25(20)21/h1-3,6-7,10-11,17H,4-5,8-9,12-15H2/t17-/m0/s1. The normalized spacial score (nSPS) is 20.4. The zero-order valence-corrected chi connectivity index (χ0v) is 15.0. The Morgan fingerprint density at radius 2 is 1.92 bits per heavy atom. The van der Waals surface area contributed by atoms with Crippen LogP contribution in [0.15, 0.2) is 46.9 Å². The molecule has 1 saturated heterocycles. The smallest absolute Gasteiger partial charge is 0.137 e. The fourth-order valence-electron chi connectivity index (χ4n) is 4.33. The van der Waals surface area contributed by atoms with Gasteiger partial charge in [0, 0.05) is 31.0 Å². The summed E-state index contributed by atoms with van der Waals surface area (Å²) in [4.78, 5) is 2.50. The number of rotatable bonds is 4. The molecule has 1 fully saturated rings. The number of furan rings is 1. The van der Waals surface area contributed by atoms with E-state index in [0.29, 0.717) is 5.92 Å². The van der Waals surface area contributed by atoms with Gasteiger partial charge in [-0.1, -0.05) is 30.3 Å². The van der Waals surface area contributed by atoms with Gasteiger partial charge in [-0.2, -0.15) is 0 Å². The first-order valence-electron chi connectivity index (χ1n) is 9.65. The van der Waals surface area contributed by atoms with Crippen LogP contribution in [0.1, 0.15) is 42.6 Å². The largest absolute Gasteiger partial charge is 0.460 e. The van der Waals surface area contributed by atoms with Gasteiger partial charge in [-0.15, -0.1) is 10.2 Å². The summed E-state index contributed by atoms with van der Waals surface area (Å²) in [6.45, 7) is 4.12. The molecule has 5 nitrogen and oxygen atoms in total. The summed E-state index contributed by atoms with van der Waals surface area (Å²) in [6.07, 6.45) is 4.71. The van der Waals surface area contributed by atoms with Gasteiger partial charge in [0.1, 0.15) is 23.2 Å². The lowest BCUT2D eigenvalue weighted by atomic mass is 9.97. The minimum absolute atomic E-state index is 0.492. The van der Waals surface area contributed by atoms with E-state index in [2.05, 4.69) is 43.9 Å². The van der Waals surface area contributed by atoms with Crippen molar-refractivity contribution in [2.24, 2.45) is 0 Å². The molecule has 0 radical (unpaired) electrons. The first-order chi connectivity index (χ1) is 12.9. The van der Waals surface area contributed by atoms with Gasteiger partial charge in [0.25, 0.3) is 0 Å². The van der Waals surface area contributed by atoms with Gasteiger partial charge in [0.2, 0.25) is 0 Å². The Morgan fingerprint density at radius 3 is 2.85 bits per heavy atom. The maximum absolute atomic E-state index is 6.10. The van der Waals surface area contributed by atoms with Crippen molar-refractivity contribution in [1.29, 1.82) is 0 Å². The predicted molar refractivity (Wildman–Crippen MR) is 99.7 cm³/mol. The highest BCUT2D eigenvalue weighted by molar-refractivity contribution is 5.57. The zero-order chi connectivity index (χ0) is 17.3. The molecule has 1 atom stereocenters. The van der Waals surface area contributed by atoms with Crippen molar-refractivity contribution in [3.05, 3.63) is 59.9 Å². The molecule has 26 heavy (non-hydrogen) atoms. The number of aryl methyl sites for hydroxylation is 1. The van der Waals surface area contributed by atoms with Crippen molar-refractivity contribution in [1.82, 2.24) is 19.7 Å². The molecule has 0 N–H and O–H groups in total. The van der Waals surface area contributed by atoms with E-state index in [-0.39, 0.29) is 0 Å². The van der Waals surface area contributed by atoms with Gasteiger partial charge in [0.15, 0.2) is 0 Å². The van der Waals surface area contributed by atoms with Crippen LogP contribution in [0.2, 0.25) is 0 Å². The van der Waals surface area contributed by atoms with Crippen LogP contribution in [0.25, 0.3) is 11.3 Å². The number of fused-ring (bicyclic) bond motifs is 1. The lowest BCUT2D eigenvalue weighted by Crippen LogP contribution is -2.34. The summed E-state index contributed by atoms with van der Waals surface area (Å²) in [5, 5.41) is 8.90. The minimum Gasteiger partial charge on any atom is -0.460 e. The topological polar surface area (TPSA) is 47.1 Å². The Bertz CT molecular complexity index is 883. The van der Waals surface area contributed by atoms with Crippen molar-refractivity contribution in [3.8, 4) is 11.3 Å². The van der Waals surface area contributed by atoms with Crippen molar-refractivity contribution < 1.29 is 4.42 Å². The molecule has 5 rings (SSSR count). The molecule has 3 aromatic rings. The number of nitrogens with zero attached hydrogens (tertiary/aromatic N) is 4. The lowest BCUT2D eigenvalue weighted by Gasteiger charge is -2.31. The first-order valence-corrected chi connectivity index (χ1v) is 9.65. The molecule has 0 unspecified atom stereocenters. The van der Waals surface area contributed by atoms with Crippen molar-refractivity contribution >= 4 is 0 Å². The molecule has 2 aliphatic heterocycles. The van der Waals surface area contributed by atoms with Gasteiger partial charge >= 0.3 is 0 Å². The molecule has 1 aromatic carbocycles.